The molecule has 0 radical (unpaired) electrons. The maximum absolute atomic E-state index is 11.1. The highest BCUT2D eigenvalue weighted by atomic mass is 16.5. The van der Waals surface area contributed by atoms with Gasteiger partial charge in [0.05, 0.1) is 13.2 Å². The quantitative estimate of drug-likeness (QED) is 0.393. The zero-order chi connectivity index (χ0) is 10.9. The lowest BCUT2D eigenvalue weighted by atomic mass is 9.83. The van der Waals surface area contributed by atoms with Crippen molar-refractivity contribution in [2.75, 3.05) is 13.2 Å². The summed E-state index contributed by atoms with van der Waals surface area (Å²) in [6.45, 7) is 0.594. The van der Waals surface area contributed by atoms with Crippen LogP contribution in [0, 0.1) is 0 Å². The molecule has 5 N–H and O–H groups in total. The van der Waals surface area contributed by atoms with Crippen LogP contribution in [-0.2, 0) is 9.53 Å². The van der Waals surface area contributed by atoms with Gasteiger partial charge in [0.1, 0.15) is 23.9 Å². The summed E-state index contributed by atoms with van der Waals surface area (Å²) in [7, 11) is 0. The molecule has 4 atom stereocenters. The van der Waals surface area contributed by atoms with Crippen LogP contribution < -0.4 is 5.73 Å². The first kappa shape index (κ1) is 11.5. The van der Waals surface area contributed by atoms with E-state index < -0.39 is 36.2 Å². The van der Waals surface area contributed by atoms with Crippen molar-refractivity contribution >= 4 is 5.78 Å². The van der Waals surface area contributed by atoms with Crippen molar-refractivity contribution < 1.29 is 24.9 Å². The Bertz CT molecular complexity index is 234. The first-order valence-electron chi connectivity index (χ1n) is 4.32. The zero-order valence-electron chi connectivity index (χ0n) is 7.88. The van der Waals surface area contributed by atoms with Crippen LogP contribution in [0.4, 0.5) is 0 Å². The number of nitrogens with two attached hydrogens (primary N) is 1. The van der Waals surface area contributed by atoms with Crippen LogP contribution in [0.5, 0.6) is 0 Å². The molecule has 1 rings (SSSR count). The summed E-state index contributed by atoms with van der Waals surface area (Å²) in [6.07, 6.45) is -3.64. The molecule has 6 nitrogen and oxygen atoms in total. The van der Waals surface area contributed by atoms with Gasteiger partial charge in [0.2, 0.25) is 0 Å². The monoisotopic (exact) mass is 205 g/mol. The van der Waals surface area contributed by atoms with E-state index in [0.29, 0.717) is 0 Å². The van der Waals surface area contributed by atoms with E-state index in [9.17, 15) is 15.0 Å². The summed E-state index contributed by atoms with van der Waals surface area (Å²) in [5, 5.41) is 27.8. The van der Waals surface area contributed by atoms with Gasteiger partial charge in [-0.1, -0.05) is 0 Å². The molecule has 1 heterocycles. The highest BCUT2D eigenvalue weighted by Gasteiger charge is 2.49. The number of hydrogen-bond acceptors (Lipinski definition) is 6. The number of ether oxygens (including phenoxy) is 1. The minimum absolute atomic E-state index is 0.203. The summed E-state index contributed by atoms with van der Waals surface area (Å²) < 4.78 is 4.98. The van der Waals surface area contributed by atoms with Gasteiger partial charge in [0, 0.05) is 0 Å². The van der Waals surface area contributed by atoms with Crippen molar-refractivity contribution in [2.45, 2.75) is 30.8 Å². The fourth-order valence-corrected chi connectivity index (χ4v) is 1.41. The van der Waals surface area contributed by atoms with E-state index in [1.807, 2.05) is 0 Å². The number of rotatable bonds is 2. The molecule has 1 fully saturated rings. The molecule has 0 amide bonds. The molecule has 14 heavy (non-hydrogen) atoms. The zero-order valence-corrected chi connectivity index (χ0v) is 7.88. The topological polar surface area (TPSA) is 113 Å². The standard InChI is InChI=1S/C8H15NO5/c1-4(11)8(9)3-14-5(2-10)6(12)7(8)13/h5-7,10,12-13H,2-3,9H2,1H3/t5-,6+,7+,8-/m1/s1. The van der Waals surface area contributed by atoms with Crippen molar-refractivity contribution in [3.8, 4) is 0 Å². The van der Waals surface area contributed by atoms with Crippen molar-refractivity contribution in [3.05, 3.63) is 0 Å². The van der Waals surface area contributed by atoms with E-state index in [2.05, 4.69) is 0 Å². The number of carbonyl (C=O) groups is 1. The largest absolute Gasteiger partial charge is 0.394 e. The number of aliphatic hydroxyl groups is 3. The normalized spacial score (nSPS) is 43.6. The Labute approximate surface area is 81.3 Å². The molecular formula is C8H15NO5. The summed E-state index contributed by atoms with van der Waals surface area (Å²) >= 11 is 0. The van der Waals surface area contributed by atoms with E-state index in [4.69, 9.17) is 15.6 Å². The van der Waals surface area contributed by atoms with Crippen molar-refractivity contribution in [2.24, 2.45) is 5.73 Å². The SMILES string of the molecule is CC(=O)[C@]1(N)CO[C@H](CO)[C@H](O)[C@@H]1O. The molecule has 6 heteroatoms. The minimum Gasteiger partial charge on any atom is -0.394 e. The predicted octanol–water partition coefficient (Wildman–Crippen LogP) is -2.61. The maximum Gasteiger partial charge on any atom is 0.154 e. The maximum atomic E-state index is 11.1. The van der Waals surface area contributed by atoms with Gasteiger partial charge in [-0.25, -0.2) is 0 Å². The summed E-state index contributed by atoms with van der Waals surface area (Å²) in [4.78, 5) is 11.1. The Balaban J connectivity index is 2.83. The second kappa shape index (κ2) is 3.92. The van der Waals surface area contributed by atoms with Crippen LogP contribution >= 0.6 is 0 Å². The fourth-order valence-electron chi connectivity index (χ4n) is 1.41. The van der Waals surface area contributed by atoms with Crippen LogP contribution in [0.3, 0.4) is 0 Å². The smallest absolute Gasteiger partial charge is 0.154 e. The van der Waals surface area contributed by atoms with Crippen molar-refractivity contribution in [1.29, 1.82) is 0 Å². The molecule has 0 aromatic carbocycles. The van der Waals surface area contributed by atoms with Gasteiger partial charge in [-0.3, -0.25) is 4.79 Å². The number of ketones is 1. The van der Waals surface area contributed by atoms with Crippen molar-refractivity contribution in [1.82, 2.24) is 0 Å². The van der Waals surface area contributed by atoms with Crippen LogP contribution in [0.2, 0.25) is 0 Å². The third-order valence-electron chi connectivity index (χ3n) is 2.60. The molecular weight excluding hydrogens is 190 g/mol. The molecule has 0 bridgehead atoms. The number of aliphatic hydroxyl groups excluding tert-OH is 3. The van der Waals surface area contributed by atoms with E-state index >= 15 is 0 Å². The van der Waals surface area contributed by atoms with Crippen molar-refractivity contribution in [3.63, 3.8) is 0 Å². The lowest BCUT2D eigenvalue weighted by Crippen LogP contribution is -2.69. The lowest BCUT2D eigenvalue weighted by molar-refractivity contribution is -0.185. The second-order valence-corrected chi connectivity index (χ2v) is 3.56. The van der Waals surface area contributed by atoms with Crippen LogP contribution in [0.25, 0.3) is 0 Å². The first-order valence-corrected chi connectivity index (χ1v) is 4.32. The average molecular weight is 205 g/mol. The third kappa shape index (κ3) is 1.67. The van der Waals surface area contributed by atoms with Gasteiger partial charge in [-0.2, -0.15) is 0 Å². The Morgan fingerprint density at radius 2 is 2.21 bits per heavy atom. The molecule has 1 saturated heterocycles. The second-order valence-electron chi connectivity index (χ2n) is 3.56. The predicted molar refractivity (Wildman–Crippen MR) is 46.4 cm³/mol. The molecule has 82 valence electrons. The van der Waals surface area contributed by atoms with E-state index in [-0.39, 0.29) is 6.61 Å². The third-order valence-corrected chi connectivity index (χ3v) is 2.60. The Hall–Kier alpha value is -0.530. The fraction of sp³-hybridized carbons (Fsp3) is 0.875. The molecule has 0 unspecified atom stereocenters. The highest BCUT2D eigenvalue weighted by Crippen LogP contribution is 2.22. The molecule has 0 spiro atoms. The van der Waals surface area contributed by atoms with Gasteiger partial charge < -0.3 is 25.8 Å². The van der Waals surface area contributed by atoms with E-state index in [0.717, 1.165) is 0 Å². The first-order chi connectivity index (χ1) is 6.43. The highest BCUT2D eigenvalue weighted by molar-refractivity contribution is 5.87. The van der Waals surface area contributed by atoms with E-state index in [1.54, 1.807) is 0 Å². The van der Waals surface area contributed by atoms with Gasteiger partial charge >= 0.3 is 0 Å². The van der Waals surface area contributed by atoms with Gasteiger partial charge in [0.25, 0.3) is 0 Å². The van der Waals surface area contributed by atoms with Gasteiger partial charge in [0.15, 0.2) is 5.78 Å². The Morgan fingerprint density at radius 1 is 1.64 bits per heavy atom. The van der Waals surface area contributed by atoms with Gasteiger partial charge in [-0.05, 0) is 6.92 Å². The molecule has 1 aliphatic heterocycles. The Morgan fingerprint density at radius 3 is 2.64 bits per heavy atom. The molecule has 0 saturated carbocycles. The van der Waals surface area contributed by atoms with E-state index in [1.165, 1.54) is 6.92 Å². The van der Waals surface area contributed by atoms with Crippen LogP contribution in [0.1, 0.15) is 6.92 Å². The molecule has 1 aliphatic rings. The molecule has 0 aromatic rings. The average Bonchev–Trinajstić information content (AvgIpc) is 2.14. The molecule has 0 aliphatic carbocycles. The van der Waals surface area contributed by atoms with Crippen LogP contribution in [0.15, 0.2) is 0 Å². The summed E-state index contributed by atoms with van der Waals surface area (Å²) in [5.74, 6) is -0.458. The number of carbonyl (C=O) groups excluding carboxylic acids is 1. The number of hydrogen-bond donors (Lipinski definition) is 4. The Kier molecular flexibility index (Phi) is 3.23. The summed E-state index contributed by atoms with van der Waals surface area (Å²) in [6, 6.07) is 0. The minimum atomic E-state index is -1.58. The number of Topliss-reactive ketones (excluding diaryl/α,β-unsaturated/α-hetero) is 1. The van der Waals surface area contributed by atoms with Crippen LogP contribution in [-0.4, -0.2) is 58.2 Å². The molecule has 0 aromatic heterocycles. The van der Waals surface area contributed by atoms with Gasteiger partial charge in [-0.15, -0.1) is 0 Å². The summed E-state index contributed by atoms with van der Waals surface area (Å²) in [5.41, 5.74) is 4.01. The lowest BCUT2D eigenvalue weighted by Gasteiger charge is -2.42.